The normalized spacial score (nSPS) is 11.7. The fraction of sp³-hybridized carbons (Fsp3) is 0.310. The molecule has 0 aliphatic carbocycles. The first-order valence-corrected chi connectivity index (χ1v) is 13.1. The van der Waals surface area contributed by atoms with Crippen molar-refractivity contribution < 1.29 is 18.7 Å². The van der Waals surface area contributed by atoms with Gasteiger partial charge in [-0.2, -0.15) is 0 Å². The van der Waals surface area contributed by atoms with Crippen LogP contribution < -0.4 is 10.1 Å². The molecule has 36 heavy (non-hydrogen) atoms. The van der Waals surface area contributed by atoms with Gasteiger partial charge in [0.15, 0.2) is 0 Å². The zero-order valence-corrected chi connectivity index (χ0v) is 21.8. The molecule has 0 bridgehead atoms. The van der Waals surface area contributed by atoms with Gasteiger partial charge in [-0.1, -0.05) is 54.6 Å². The van der Waals surface area contributed by atoms with Crippen LogP contribution in [0.2, 0.25) is 0 Å². The number of rotatable bonds is 12. The second kappa shape index (κ2) is 13.7. The van der Waals surface area contributed by atoms with Gasteiger partial charge in [-0.25, -0.2) is 4.39 Å². The molecule has 3 rings (SSSR count). The average molecular weight is 509 g/mol. The average Bonchev–Trinajstić information content (AvgIpc) is 2.87. The summed E-state index contributed by atoms with van der Waals surface area (Å²) in [7, 11) is 1.60. The first-order chi connectivity index (χ1) is 17.4. The number of hydrogen-bond donors (Lipinski definition) is 1. The van der Waals surface area contributed by atoms with E-state index in [-0.39, 0.29) is 36.0 Å². The molecule has 0 fully saturated rings. The van der Waals surface area contributed by atoms with Gasteiger partial charge in [0.25, 0.3) is 0 Å². The molecule has 0 aromatic heterocycles. The molecule has 0 radical (unpaired) electrons. The lowest BCUT2D eigenvalue weighted by atomic mass is 10.0. The molecule has 1 unspecified atom stereocenters. The van der Waals surface area contributed by atoms with Crippen LogP contribution in [0.3, 0.4) is 0 Å². The molecule has 1 N–H and O–H groups in total. The van der Waals surface area contributed by atoms with Gasteiger partial charge in [0.2, 0.25) is 11.8 Å². The maximum atomic E-state index is 13.6. The molecule has 0 spiro atoms. The standard InChI is InChI=1S/C29H33FN2O3S/c1-21(2)31-29(34)27(17-22-8-5-4-6-9-22)32(18-24-10-7-11-26(16-24)35-3)28(33)20-36-19-23-12-14-25(30)15-13-23/h4-16,21,27H,17-20H2,1-3H3,(H,31,34). The summed E-state index contributed by atoms with van der Waals surface area (Å²) in [5, 5.41) is 2.99. The maximum Gasteiger partial charge on any atom is 0.243 e. The van der Waals surface area contributed by atoms with E-state index in [2.05, 4.69) is 5.32 Å². The van der Waals surface area contributed by atoms with E-state index in [1.54, 1.807) is 24.1 Å². The van der Waals surface area contributed by atoms with E-state index in [0.717, 1.165) is 16.7 Å². The van der Waals surface area contributed by atoms with E-state index in [4.69, 9.17) is 4.74 Å². The zero-order chi connectivity index (χ0) is 25.9. The van der Waals surface area contributed by atoms with Crippen molar-refractivity contribution in [1.82, 2.24) is 10.2 Å². The number of benzene rings is 3. The van der Waals surface area contributed by atoms with Crippen molar-refractivity contribution in [3.8, 4) is 5.75 Å². The molecule has 7 heteroatoms. The number of halogens is 1. The Hall–Kier alpha value is -3.32. The van der Waals surface area contributed by atoms with Crippen LogP contribution in [-0.4, -0.2) is 41.7 Å². The topological polar surface area (TPSA) is 58.6 Å². The fourth-order valence-electron chi connectivity index (χ4n) is 3.82. The summed E-state index contributed by atoms with van der Waals surface area (Å²) in [4.78, 5) is 28.6. The highest BCUT2D eigenvalue weighted by Crippen LogP contribution is 2.21. The van der Waals surface area contributed by atoms with Crippen LogP contribution in [0.5, 0.6) is 5.75 Å². The van der Waals surface area contributed by atoms with E-state index >= 15 is 0 Å². The van der Waals surface area contributed by atoms with E-state index < -0.39 is 6.04 Å². The summed E-state index contributed by atoms with van der Waals surface area (Å²) >= 11 is 1.45. The van der Waals surface area contributed by atoms with Crippen LogP contribution in [0.25, 0.3) is 0 Å². The number of methoxy groups -OCH3 is 1. The molecule has 3 aromatic carbocycles. The van der Waals surface area contributed by atoms with Gasteiger partial charge in [0, 0.05) is 24.8 Å². The first kappa shape index (κ1) is 27.3. The van der Waals surface area contributed by atoms with E-state index in [9.17, 15) is 14.0 Å². The van der Waals surface area contributed by atoms with Gasteiger partial charge in [0.05, 0.1) is 12.9 Å². The number of nitrogens with zero attached hydrogens (tertiary/aromatic N) is 1. The molecule has 3 aromatic rings. The van der Waals surface area contributed by atoms with Gasteiger partial charge >= 0.3 is 0 Å². The molecule has 2 amide bonds. The predicted molar refractivity (Wildman–Crippen MR) is 143 cm³/mol. The van der Waals surface area contributed by atoms with Crippen LogP contribution in [0.4, 0.5) is 4.39 Å². The third kappa shape index (κ3) is 8.41. The van der Waals surface area contributed by atoms with Crippen LogP contribution in [0.15, 0.2) is 78.9 Å². The van der Waals surface area contributed by atoms with Crippen LogP contribution >= 0.6 is 11.8 Å². The Balaban J connectivity index is 1.85. The molecule has 5 nitrogen and oxygen atoms in total. The summed E-state index contributed by atoms with van der Waals surface area (Å²) in [6.45, 7) is 4.09. The Morgan fingerprint density at radius 1 is 0.944 bits per heavy atom. The Kier molecular flexibility index (Phi) is 10.4. The Morgan fingerprint density at radius 2 is 1.64 bits per heavy atom. The van der Waals surface area contributed by atoms with E-state index in [1.165, 1.54) is 23.9 Å². The Bertz CT molecular complexity index is 1120. The van der Waals surface area contributed by atoms with Crippen molar-refractivity contribution in [3.63, 3.8) is 0 Å². The van der Waals surface area contributed by atoms with Gasteiger partial charge < -0.3 is 15.0 Å². The van der Waals surface area contributed by atoms with Crippen molar-refractivity contribution in [2.45, 2.75) is 44.6 Å². The highest BCUT2D eigenvalue weighted by molar-refractivity contribution is 7.99. The van der Waals surface area contributed by atoms with Gasteiger partial charge in [-0.3, -0.25) is 9.59 Å². The predicted octanol–water partition coefficient (Wildman–Crippen LogP) is 5.23. The molecular weight excluding hydrogens is 475 g/mol. The lowest BCUT2D eigenvalue weighted by molar-refractivity contribution is -0.139. The molecule has 1 atom stereocenters. The summed E-state index contributed by atoms with van der Waals surface area (Å²) < 4.78 is 18.6. The minimum absolute atomic E-state index is 0.0580. The number of nitrogens with one attached hydrogen (secondary N) is 1. The zero-order valence-electron chi connectivity index (χ0n) is 20.9. The molecule has 0 heterocycles. The number of carbonyl (C=O) groups is 2. The van der Waals surface area contributed by atoms with Crippen molar-refractivity contribution in [2.24, 2.45) is 0 Å². The number of amides is 2. The van der Waals surface area contributed by atoms with Crippen LogP contribution in [0.1, 0.15) is 30.5 Å². The molecule has 0 aliphatic rings. The van der Waals surface area contributed by atoms with Crippen molar-refractivity contribution in [3.05, 3.63) is 101 Å². The first-order valence-electron chi connectivity index (χ1n) is 11.9. The Labute approximate surface area is 217 Å². The van der Waals surface area contributed by atoms with Gasteiger partial charge in [0.1, 0.15) is 17.6 Å². The summed E-state index contributed by atoms with van der Waals surface area (Å²) in [5.74, 6) is 0.849. The third-order valence-corrected chi connectivity index (χ3v) is 6.59. The van der Waals surface area contributed by atoms with Crippen LogP contribution in [0, 0.1) is 5.82 Å². The smallest absolute Gasteiger partial charge is 0.243 e. The molecular formula is C29H33FN2O3S. The van der Waals surface area contributed by atoms with E-state index in [1.807, 2.05) is 68.4 Å². The number of carbonyl (C=O) groups excluding carboxylic acids is 2. The van der Waals surface area contributed by atoms with Gasteiger partial charge in [-0.15, -0.1) is 11.8 Å². The second-order valence-corrected chi connectivity index (χ2v) is 9.85. The monoisotopic (exact) mass is 508 g/mol. The lowest BCUT2D eigenvalue weighted by Crippen LogP contribution is -2.52. The third-order valence-electron chi connectivity index (χ3n) is 5.60. The lowest BCUT2D eigenvalue weighted by Gasteiger charge is -2.32. The molecule has 0 saturated heterocycles. The highest BCUT2D eigenvalue weighted by atomic mass is 32.2. The maximum absolute atomic E-state index is 13.6. The number of hydrogen-bond acceptors (Lipinski definition) is 4. The van der Waals surface area contributed by atoms with Gasteiger partial charge in [-0.05, 0) is 54.8 Å². The quantitative estimate of drug-likeness (QED) is 0.364. The SMILES string of the molecule is COc1cccc(CN(C(=O)CSCc2ccc(F)cc2)C(Cc2ccccc2)C(=O)NC(C)C)c1. The highest BCUT2D eigenvalue weighted by Gasteiger charge is 2.30. The minimum atomic E-state index is -0.681. The molecule has 0 saturated carbocycles. The number of thioether (sulfide) groups is 1. The summed E-state index contributed by atoms with van der Waals surface area (Å²) in [6, 6.07) is 22.8. The summed E-state index contributed by atoms with van der Waals surface area (Å²) in [5.41, 5.74) is 2.79. The van der Waals surface area contributed by atoms with Crippen molar-refractivity contribution in [2.75, 3.05) is 12.9 Å². The summed E-state index contributed by atoms with van der Waals surface area (Å²) in [6.07, 6.45) is 0.401. The number of ether oxygens (including phenoxy) is 1. The van der Waals surface area contributed by atoms with Crippen molar-refractivity contribution >= 4 is 23.6 Å². The Morgan fingerprint density at radius 3 is 2.31 bits per heavy atom. The van der Waals surface area contributed by atoms with E-state index in [0.29, 0.717) is 17.9 Å². The molecule has 190 valence electrons. The minimum Gasteiger partial charge on any atom is -0.497 e. The van der Waals surface area contributed by atoms with Crippen molar-refractivity contribution in [1.29, 1.82) is 0 Å². The fourth-order valence-corrected chi connectivity index (χ4v) is 4.69. The second-order valence-electron chi connectivity index (χ2n) is 8.86. The largest absolute Gasteiger partial charge is 0.497 e. The molecule has 0 aliphatic heterocycles. The van der Waals surface area contributed by atoms with Crippen LogP contribution in [-0.2, 0) is 28.3 Å².